The van der Waals surface area contributed by atoms with Gasteiger partial charge in [-0.05, 0) is 43.9 Å². The van der Waals surface area contributed by atoms with Gasteiger partial charge in [0.1, 0.15) is 0 Å². The molecule has 2 fully saturated rings. The molecule has 122 valence electrons. The van der Waals surface area contributed by atoms with E-state index < -0.39 is 5.79 Å². The number of aliphatic hydroxyl groups is 1. The Balaban J connectivity index is 1.61. The fraction of sp³-hybridized carbons (Fsp3) is 0.667. The highest BCUT2D eigenvalue weighted by molar-refractivity contribution is 7.99. The predicted octanol–water partition coefficient (Wildman–Crippen LogP) is 3.50. The molecular weight excluding hydrogens is 296 g/mol. The van der Waals surface area contributed by atoms with E-state index in [0.29, 0.717) is 19.6 Å². The van der Waals surface area contributed by atoms with Crippen molar-refractivity contribution in [2.24, 2.45) is 0 Å². The van der Waals surface area contributed by atoms with Crippen LogP contribution in [-0.2, 0) is 15.2 Å². The molecule has 1 heterocycles. The van der Waals surface area contributed by atoms with Crippen LogP contribution in [-0.4, -0.2) is 35.5 Å². The zero-order valence-corrected chi connectivity index (χ0v) is 14.5. The number of aryl methyl sites for hydroxylation is 3. The molecule has 1 aromatic carbocycles. The van der Waals surface area contributed by atoms with E-state index in [-0.39, 0.29) is 11.4 Å². The van der Waals surface area contributed by atoms with Gasteiger partial charge < -0.3 is 14.6 Å². The Morgan fingerprint density at radius 1 is 1.18 bits per heavy atom. The number of benzene rings is 1. The predicted molar refractivity (Wildman–Crippen MR) is 90.2 cm³/mol. The van der Waals surface area contributed by atoms with Crippen LogP contribution in [0.4, 0.5) is 0 Å². The van der Waals surface area contributed by atoms with Crippen molar-refractivity contribution < 1.29 is 14.6 Å². The monoisotopic (exact) mass is 322 g/mol. The zero-order chi connectivity index (χ0) is 15.7. The zero-order valence-electron chi connectivity index (χ0n) is 13.7. The highest BCUT2D eigenvalue weighted by atomic mass is 32.2. The Morgan fingerprint density at radius 2 is 1.82 bits per heavy atom. The molecule has 0 radical (unpaired) electrons. The van der Waals surface area contributed by atoms with Crippen LogP contribution in [0, 0.1) is 20.8 Å². The third kappa shape index (κ3) is 3.35. The molecule has 0 aromatic heterocycles. The average Bonchev–Trinajstić information content (AvgIpc) is 2.88. The Labute approximate surface area is 137 Å². The number of hydrogen-bond donors (Lipinski definition) is 1. The lowest BCUT2D eigenvalue weighted by molar-refractivity contribution is -0.193. The van der Waals surface area contributed by atoms with E-state index in [1.807, 2.05) is 11.8 Å². The Bertz CT molecular complexity index is 514. The van der Waals surface area contributed by atoms with Gasteiger partial charge in [0, 0.05) is 23.8 Å². The molecule has 2 unspecified atom stereocenters. The van der Waals surface area contributed by atoms with Gasteiger partial charge in [0.05, 0.1) is 19.3 Å². The van der Waals surface area contributed by atoms with Crippen LogP contribution in [0.25, 0.3) is 0 Å². The maximum Gasteiger partial charge on any atom is 0.171 e. The molecule has 1 N–H and O–H groups in total. The van der Waals surface area contributed by atoms with Crippen molar-refractivity contribution in [1.29, 1.82) is 0 Å². The van der Waals surface area contributed by atoms with E-state index in [1.165, 1.54) is 22.3 Å². The SMILES string of the molecule is Cc1cc(C)c(CSC2CCC3(CC2O)OCCO3)c(C)c1. The topological polar surface area (TPSA) is 38.7 Å². The molecule has 1 spiro atoms. The van der Waals surface area contributed by atoms with Gasteiger partial charge in [0.2, 0.25) is 0 Å². The van der Waals surface area contributed by atoms with E-state index in [2.05, 4.69) is 32.9 Å². The van der Waals surface area contributed by atoms with Crippen LogP contribution >= 0.6 is 11.8 Å². The first-order valence-electron chi connectivity index (χ1n) is 8.13. The number of aliphatic hydroxyl groups excluding tert-OH is 1. The normalized spacial score (nSPS) is 27.5. The Kier molecular flexibility index (Phi) is 4.83. The number of rotatable bonds is 3. The van der Waals surface area contributed by atoms with Gasteiger partial charge >= 0.3 is 0 Å². The summed E-state index contributed by atoms with van der Waals surface area (Å²) in [7, 11) is 0. The average molecular weight is 322 g/mol. The fourth-order valence-electron chi connectivity index (χ4n) is 3.69. The molecule has 0 bridgehead atoms. The molecule has 1 aliphatic heterocycles. The van der Waals surface area contributed by atoms with Gasteiger partial charge in [0.15, 0.2) is 5.79 Å². The molecule has 1 aromatic rings. The first kappa shape index (κ1) is 16.3. The molecule has 2 atom stereocenters. The van der Waals surface area contributed by atoms with E-state index in [4.69, 9.17) is 9.47 Å². The van der Waals surface area contributed by atoms with Crippen LogP contribution in [0.2, 0.25) is 0 Å². The van der Waals surface area contributed by atoms with Crippen molar-refractivity contribution in [1.82, 2.24) is 0 Å². The Hall–Kier alpha value is -0.550. The molecule has 1 saturated carbocycles. The molecule has 0 amide bonds. The van der Waals surface area contributed by atoms with Crippen LogP contribution in [0.5, 0.6) is 0 Å². The fourth-order valence-corrected chi connectivity index (χ4v) is 5.13. The van der Waals surface area contributed by atoms with E-state index in [0.717, 1.165) is 18.6 Å². The van der Waals surface area contributed by atoms with E-state index in [1.54, 1.807) is 0 Å². The van der Waals surface area contributed by atoms with Crippen LogP contribution in [0.1, 0.15) is 41.5 Å². The smallest absolute Gasteiger partial charge is 0.171 e. The third-order valence-corrected chi connectivity index (χ3v) is 6.29. The van der Waals surface area contributed by atoms with Gasteiger partial charge in [-0.2, -0.15) is 11.8 Å². The molecule has 2 aliphatic rings. The van der Waals surface area contributed by atoms with Crippen LogP contribution < -0.4 is 0 Å². The quantitative estimate of drug-likeness (QED) is 0.924. The number of hydrogen-bond acceptors (Lipinski definition) is 4. The minimum atomic E-state index is -0.494. The van der Waals surface area contributed by atoms with Crippen molar-refractivity contribution in [3.8, 4) is 0 Å². The minimum Gasteiger partial charge on any atom is -0.392 e. The van der Waals surface area contributed by atoms with Crippen molar-refractivity contribution in [3.05, 3.63) is 34.4 Å². The third-order valence-electron chi connectivity index (χ3n) is 4.85. The summed E-state index contributed by atoms with van der Waals surface area (Å²) < 4.78 is 11.4. The maximum absolute atomic E-state index is 10.5. The summed E-state index contributed by atoms with van der Waals surface area (Å²) in [5.41, 5.74) is 5.44. The summed E-state index contributed by atoms with van der Waals surface area (Å²) in [6, 6.07) is 4.49. The van der Waals surface area contributed by atoms with Gasteiger partial charge in [-0.25, -0.2) is 0 Å². The van der Waals surface area contributed by atoms with Crippen molar-refractivity contribution in [2.75, 3.05) is 13.2 Å². The van der Waals surface area contributed by atoms with E-state index >= 15 is 0 Å². The van der Waals surface area contributed by atoms with Gasteiger partial charge in [-0.1, -0.05) is 17.7 Å². The van der Waals surface area contributed by atoms with Crippen molar-refractivity contribution in [3.63, 3.8) is 0 Å². The number of ether oxygens (including phenoxy) is 2. The molecule has 1 saturated heterocycles. The lowest BCUT2D eigenvalue weighted by Crippen LogP contribution is -2.44. The van der Waals surface area contributed by atoms with Crippen molar-refractivity contribution >= 4 is 11.8 Å². The number of thioether (sulfide) groups is 1. The van der Waals surface area contributed by atoms with Gasteiger partial charge in [-0.3, -0.25) is 0 Å². The summed E-state index contributed by atoms with van der Waals surface area (Å²) in [5, 5.41) is 10.8. The molecule has 1 aliphatic carbocycles. The summed E-state index contributed by atoms with van der Waals surface area (Å²) in [4.78, 5) is 0. The first-order chi connectivity index (χ1) is 10.5. The molecule has 4 heteroatoms. The standard InChI is InChI=1S/C18H26O3S/c1-12-8-13(2)15(14(3)9-12)11-22-17-4-5-18(10-16(17)19)20-6-7-21-18/h8-9,16-17,19H,4-7,10-11H2,1-3H3. The summed E-state index contributed by atoms with van der Waals surface area (Å²) >= 11 is 1.87. The second-order valence-electron chi connectivity index (χ2n) is 6.64. The Morgan fingerprint density at radius 3 is 2.41 bits per heavy atom. The molecule has 22 heavy (non-hydrogen) atoms. The lowest BCUT2D eigenvalue weighted by atomic mass is 9.91. The molecule has 3 rings (SSSR count). The highest BCUT2D eigenvalue weighted by Gasteiger charge is 2.44. The van der Waals surface area contributed by atoms with E-state index in [9.17, 15) is 5.11 Å². The van der Waals surface area contributed by atoms with Gasteiger partial charge in [-0.15, -0.1) is 0 Å². The lowest BCUT2D eigenvalue weighted by Gasteiger charge is -2.38. The second kappa shape index (κ2) is 6.52. The summed E-state index contributed by atoms with van der Waals surface area (Å²) in [6.45, 7) is 7.83. The summed E-state index contributed by atoms with van der Waals surface area (Å²) in [5.74, 6) is 0.473. The minimum absolute atomic E-state index is 0.276. The largest absolute Gasteiger partial charge is 0.392 e. The molecule has 3 nitrogen and oxygen atoms in total. The summed E-state index contributed by atoms with van der Waals surface area (Å²) in [6.07, 6.45) is 2.11. The van der Waals surface area contributed by atoms with Crippen molar-refractivity contribution in [2.45, 2.75) is 62.9 Å². The molecular formula is C18H26O3S. The highest BCUT2D eigenvalue weighted by Crippen LogP contribution is 2.41. The van der Waals surface area contributed by atoms with Gasteiger partial charge in [0.25, 0.3) is 0 Å². The second-order valence-corrected chi connectivity index (χ2v) is 7.87. The first-order valence-corrected chi connectivity index (χ1v) is 9.18. The van der Waals surface area contributed by atoms with Crippen LogP contribution in [0.15, 0.2) is 12.1 Å². The maximum atomic E-state index is 10.5. The van der Waals surface area contributed by atoms with Crippen LogP contribution in [0.3, 0.4) is 0 Å².